The Morgan fingerprint density at radius 2 is 1.81 bits per heavy atom. The second-order valence-corrected chi connectivity index (χ2v) is 5.72. The summed E-state index contributed by atoms with van der Waals surface area (Å²) >= 11 is 0. The van der Waals surface area contributed by atoms with E-state index in [0.29, 0.717) is 16.9 Å². The molecule has 1 atom stereocenters. The average Bonchev–Trinajstić information content (AvgIpc) is 2.65. The molecule has 136 valence electrons. The molecule has 0 saturated carbocycles. The third kappa shape index (κ3) is 4.86. The SMILES string of the molecule is COc1cc(/C=C/C(=O)O[C@H](C(=O)N(C)C)c2ccccc2)ccc1O. The van der Waals surface area contributed by atoms with Gasteiger partial charge in [0.25, 0.3) is 5.91 Å². The number of hydrogen-bond donors (Lipinski definition) is 1. The maximum absolute atomic E-state index is 12.4. The number of methoxy groups -OCH3 is 1. The molecular formula is C20H21NO5. The molecule has 0 fully saturated rings. The molecule has 0 unspecified atom stereocenters. The lowest BCUT2D eigenvalue weighted by Gasteiger charge is -2.20. The van der Waals surface area contributed by atoms with Crippen molar-refractivity contribution in [3.05, 3.63) is 65.7 Å². The lowest BCUT2D eigenvalue weighted by Crippen LogP contribution is -2.30. The molecule has 6 heteroatoms. The molecule has 0 bridgehead atoms. The summed E-state index contributed by atoms with van der Waals surface area (Å²) in [6, 6.07) is 13.5. The Balaban J connectivity index is 2.15. The molecule has 2 aromatic carbocycles. The van der Waals surface area contributed by atoms with E-state index in [-0.39, 0.29) is 11.7 Å². The minimum Gasteiger partial charge on any atom is -0.504 e. The van der Waals surface area contributed by atoms with Crippen LogP contribution in [0, 0.1) is 0 Å². The van der Waals surface area contributed by atoms with Gasteiger partial charge in [0.05, 0.1) is 7.11 Å². The number of rotatable bonds is 6. The van der Waals surface area contributed by atoms with E-state index in [2.05, 4.69) is 0 Å². The standard InChI is InChI=1S/C20H21NO5/c1-21(2)20(24)19(15-7-5-4-6-8-15)26-18(23)12-10-14-9-11-16(22)17(13-14)25-3/h4-13,19,22H,1-3H3/b12-10+/t19-/m0/s1. The van der Waals surface area contributed by atoms with Crippen LogP contribution in [-0.2, 0) is 14.3 Å². The summed E-state index contributed by atoms with van der Waals surface area (Å²) in [5.41, 5.74) is 1.24. The first kappa shape index (κ1) is 19.1. The molecule has 1 amide bonds. The van der Waals surface area contributed by atoms with Gasteiger partial charge in [-0.2, -0.15) is 0 Å². The minimum absolute atomic E-state index is 0.00736. The van der Waals surface area contributed by atoms with E-state index in [4.69, 9.17) is 9.47 Å². The molecule has 2 rings (SSSR count). The number of nitrogens with zero attached hydrogens (tertiary/aromatic N) is 1. The summed E-state index contributed by atoms with van der Waals surface area (Å²) < 4.78 is 10.4. The van der Waals surface area contributed by atoms with Crippen molar-refractivity contribution < 1.29 is 24.2 Å². The summed E-state index contributed by atoms with van der Waals surface area (Å²) in [6.07, 6.45) is 1.73. The van der Waals surface area contributed by atoms with E-state index in [9.17, 15) is 14.7 Å². The van der Waals surface area contributed by atoms with E-state index in [1.54, 1.807) is 50.5 Å². The van der Waals surface area contributed by atoms with Crippen LogP contribution in [0.15, 0.2) is 54.6 Å². The number of aromatic hydroxyl groups is 1. The van der Waals surface area contributed by atoms with E-state index in [1.165, 1.54) is 30.2 Å². The quantitative estimate of drug-likeness (QED) is 0.637. The molecule has 0 aliphatic rings. The summed E-state index contributed by atoms with van der Waals surface area (Å²) in [4.78, 5) is 25.9. The lowest BCUT2D eigenvalue weighted by atomic mass is 10.1. The number of likely N-dealkylation sites (N-methyl/N-ethyl adjacent to an activating group) is 1. The number of carbonyl (C=O) groups is 2. The van der Waals surface area contributed by atoms with Gasteiger partial charge in [-0.1, -0.05) is 36.4 Å². The van der Waals surface area contributed by atoms with Crippen molar-refractivity contribution in [3.63, 3.8) is 0 Å². The zero-order valence-corrected chi connectivity index (χ0v) is 14.9. The summed E-state index contributed by atoms with van der Waals surface area (Å²) in [7, 11) is 4.64. The van der Waals surface area contributed by atoms with Crippen LogP contribution < -0.4 is 4.74 Å². The van der Waals surface area contributed by atoms with Crippen molar-refractivity contribution in [1.29, 1.82) is 0 Å². The molecule has 0 saturated heterocycles. The number of amides is 1. The zero-order chi connectivity index (χ0) is 19.1. The second-order valence-electron chi connectivity index (χ2n) is 5.72. The number of benzene rings is 2. The maximum atomic E-state index is 12.4. The number of esters is 1. The highest BCUT2D eigenvalue weighted by Gasteiger charge is 2.25. The Kier molecular flexibility index (Phi) is 6.38. The topological polar surface area (TPSA) is 76.1 Å². The molecule has 6 nitrogen and oxygen atoms in total. The summed E-state index contributed by atoms with van der Waals surface area (Å²) in [6.45, 7) is 0. The largest absolute Gasteiger partial charge is 0.504 e. The number of ether oxygens (including phenoxy) is 2. The van der Waals surface area contributed by atoms with E-state index < -0.39 is 12.1 Å². The van der Waals surface area contributed by atoms with Crippen LogP contribution in [0.3, 0.4) is 0 Å². The average molecular weight is 355 g/mol. The number of carbonyl (C=O) groups excluding carboxylic acids is 2. The third-order valence-corrected chi connectivity index (χ3v) is 3.62. The highest BCUT2D eigenvalue weighted by molar-refractivity contribution is 5.91. The van der Waals surface area contributed by atoms with Crippen LogP contribution in [0.25, 0.3) is 6.08 Å². The van der Waals surface area contributed by atoms with Gasteiger partial charge in [0, 0.05) is 25.7 Å². The molecular weight excluding hydrogens is 334 g/mol. The van der Waals surface area contributed by atoms with Crippen molar-refractivity contribution in [2.24, 2.45) is 0 Å². The highest BCUT2D eigenvalue weighted by Crippen LogP contribution is 2.27. The molecule has 2 aromatic rings. The molecule has 0 heterocycles. The Morgan fingerprint density at radius 3 is 2.42 bits per heavy atom. The van der Waals surface area contributed by atoms with E-state index in [0.717, 1.165) is 0 Å². The van der Waals surface area contributed by atoms with Gasteiger partial charge in [0.1, 0.15) is 0 Å². The Labute approximate surface area is 152 Å². The predicted octanol–water partition coefficient (Wildman–Crippen LogP) is 2.79. The van der Waals surface area contributed by atoms with Crippen molar-refractivity contribution in [3.8, 4) is 11.5 Å². The minimum atomic E-state index is -1.02. The first-order valence-corrected chi connectivity index (χ1v) is 7.94. The van der Waals surface area contributed by atoms with Crippen molar-refractivity contribution in [1.82, 2.24) is 4.90 Å². The van der Waals surface area contributed by atoms with E-state index >= 15 is 0 Å². The van der Waals surface area contributed by atoms with Crippen LogP contribution in [0.5, 0.6) is 11.5 Å². The fourth-order valence-electron chi connectivity index (χ4n) is 2.24. The van der Waals surface area contributed by atoms with Crippen molar-refractivity contribution >= 4 is 18.0 Å². The van der Waals surface area contributed by atoms with Gasteiger partial charge in [-0.05, 0) is 23.8 Å². The van der Waals surface area contributed by atoms with Gasteiger partial charge < -0.3 is 19.5 Å². The lowest BCUT2D eigenvalue weighted by molar-refractivity contribution is -0.155. The first-order valence-electron chi connectivity index (χ1n) is 7.94. The van der Waals surface area contributed by atoms with Crippen molar-refractivity contribution in [2.75, 3.05) is 21.2 Å². The van der Waals surface area contributed by atoms with Crippen LogP contribution >= 0.6 is 0 Å². The van der Waals surface area contributed by atoms with E-state index in [1.807, 2.05) is 6.07 Å². The Morgan fingerprint density at radius 1 is 1.12 bits per heavy atom. The molecule has 1 N–H and O–H groups in total. The van der Waals surface area contributed by atoms with Gasteiger partial charge in [-0.3, -0.25) is 4.79 Å². The first-order chi connectivity index (χ1) is 12.4. The second kappa shape index (κ2) is 8.71. The van der Waals surface area contributed by atoms with Crippen LogP contribution in [0.4, 0.5) is 0 Å². The molecule has 0 radical (unpaired) electrons. The zero-order valence-electron chi connectivity index (χ0n) is 14.9. The fourth-order valence-corrected chi connectivity index (χ4v) is 2.24. The van der Waals surface area contributed by atoms with Gasteiger partial charge in [-0.25, -0.2) is 4.79 Å². The Bertz CT molecular complexity index is 799. The monoisotopic (exact) mass is 355 g/mol. The number of phenols is 1. The summed E-state index contributed by atoms with van der Waals surface area (Å²) in [5, 5.41) is 9.59. The summed E-state index contributed by atoms with van der Waals surface area (Å²) in [5.74, 6) is -0.677. The fraction of sp³-hybridized carbons (Fsp3) is 0.200. The molecule has 0 aliphatic carbocycles. The number of phenolic OH excluding ortho intramolecular Hbond substituents is 1. The Hall–Kier alpha value is -3.28. The molecule has 0 aliphatic heterocycles. The number of hydrogen-bond acceptors (Lipinski definition) is 5. The predicted molar refractivity (Wildman–Crippen MR) is 97.7 cm³/mol. The van der Waals surface area contributed by atoms with Crippen LogP contribution in [0.2, 0.25) is 0 Å². The van der Waals surface area contributed by atoms with Crippen LogP contribution in [0.1, 0.15) is 17.2 Å². The smallest absolute Gasteiger partial charge is 0.331 e. The molecule has 26 heavy (non-hydrogen) atoms. The normalized spacial score (nSPS) is 11.8. The van der Waals surface area contributed by atoms with Gasteiger partial charge in [0.2, 0.25) is 6.10 Å². The third-order valence-electron chi connectivity index (χ3n) is 3.62. The molecule has 0 spiro atoms. The van der Waals surface area contributed by atoms with Crippen LogP contribution in [-0.4, -0.2) is 43.1 Å². The van der Waals surface area contributed by atoms with Crippen molar-refractivity contribution in [2.45, 2.75) is 6.10 Å². The maximum Gasteiger partial charge on any atom is 0.331 e. The van der Waals surface area contributed by atoms with Gasteiger partial charge in [0.15, 0.2) is 11.5 Å². The molecule has 0 aromatic heterocycles. The highest BCUT2D eigenvalue weighted by atomic mass is 16.5. The van der Waals surface area contributed by atoms with Gasteiger partial charge in [-0.15, -0.1) is 0 Å². The van der Waals surface area contributed by atoms with Gasteiger partial charge >= 0.3 is 5.97 Å².